The molecule has 0 unspecified atom stereocenters. The van der Waals surface area contributed by atoms with Crippen molar-refractivity contribution in [2.75, 3.05) is 25.1 Å². The third-order valence-corrected chi connectivity index (χ3v) is 6.91. The quantitative estimate of drug-likeness (QED) is 0.622. The molecule has 3 aromatic rings. The second-order valence-corrected chi connectivity index (χ2v) is 9.07. The van der Waals surface area contributed by atoms with Gasteiger partial charge in [0.25, 0.3) is 11.8 Å². The van der Waals surface area contributed by atoms with Crippen molar-refractivity contribution < 1.29 is 14.3 Å². The Balaban J connectivity index is 1.32. The van der Waals surface area contributed by atoms with Crippen molar-refractivity contribution in [2.24, 2.45) is 0 Å². The first-order chi connectivity index (χ1) is 16.1. The lowest BCUT2D eigenvalue weighted by Gasteiger charge is -2.33. The van der Waals surface area contributed by atoms with E-state index in [9.17, 15) is 9.59 Å². The Bertz CT molecular complexity index is 1230. The number of likely N-dealkylation sites (N-methyl/N-ethyl adjacent to an activating group) is 1. The standard InChI is InChI=1S/C26H26N4O3/c1-28-20-9-5-6-10-22(20)33-16-21(25(28)31)29-14-13-19-23(26(29)32)27-30(24(19)18-11-12-18)15-17-7-3-2-4-8-17/h2-10,18,21H,11-16H2,1H3/t21-/m0/s1. The summed E-state index contributed by atoms with van der Waals surface area (Å²) in [6, 6.07) is 17.0. The average molecular weight is 443 g/mol. The zero-order valence-electron chi connectivity index (χ0n) is 18.6. The van der Waals surface area contributed by atoms with Crippen LogP contribution in [0.4, 0.5) is 5.69 Å². The second-order valence-electron chi connectivity index (χ2n) is 9.07. The van der Waals surface area contributed by atoms with Gasteiger partial charge in [0.05, 0.1) is 12.2 Å². The van der Waals surface area contributed by atoms with E-state index in [0.29, 0.717) is 36.9 Å². The van der Waals surface area contributed by atoms with Gasteiger partial charge >= 0.3 is 0 Å². The van der Waals surface area contributed by atoms with Crippen LogP contribution in [0, 0.1) is 0 Å². The van der Waals surface area contributed by atoms with Crippen LogP contribution >= 0.6 is 0 Å². The van der Waals surface area contributed by atoms with Gasteiger partial charge in [-0.25, -0.2) is 0 Å². The predicted molar refractivity (Wildman–Crippen MR) is 124 cm³/mol. The number of carbonyl (C=O) groups excluding carboxylic acids is 2. The molecule has 0 bridgehead atoms. The highest BCUT2D eigenvalue weighted by Gasteiger charge is 2.42. The van der Waals surface area contributed by atoms with E-state index in [1.807, 2.05) is 47.1 Å². The molecule has 0 saturated heterocycles. The summed E-state index contributed by atoms with van der Waals surface area (Å²) < 4.78 is 7.99. The minimum atomic E-state index is -0.674. The molecule has 3 aliphatic rings. The Morgan fingerprint density at radius 3 is 2.58 bits per heavy atom. The third-order valence-electron chi connectivity index (χ3n) is 6.91. The Hall–Kier alpha value is -3.61. The molecule has 2 aliphatic heterocycles. The van der Waals surface area contributed by atoms with Crippen LogP contribution in [0.2, 0.25) is 0 Å². The molecule has 3 heterocycles. The largest absolute Gasteiger partial charge is 0.489 e. The van der Waals surface area contributed by atoms with E-state index < -0.39 is 6.04 Å². The summed E-state index contributed by atoms with van der Waals surface area (Å²) in [6.45, 7) is 1.28. The number of anilines is 1. The fourth-order valence-electron chi connectivity index (χ4n) is 5.05. The Morgan fingerprint density at radius 1 is 1.03 bits per heavy atom. The topological polar surface area (TPSA) is 67.7 Å². The molecule has 0 spiro atoms. The molecule has 1 atom stereocenters. The van der Waals surface area contributed by atoms with Crippen LogP contribution < -0.4 is 9.64 Å². The van der Waals surface area contributed by atoms with Gasteiger partial charge < -0.3 is 14.5 Å². The average Bonchev–Trinajstić information content (AvgIpc) is 3.62. The summed E-state index contributed by atoms with van der Waals surface area (Å²) in [5.41, 5.74) is 4.65. The molecule has 2 amide bonds. The number of rotatable bonds is 4. The van der Waals surface area contributed by atoms with Gasteiger partial charge in [-0.15, -0.1) is 0 Å². The van der Waals surface area contributed by atoms with Crippen molar-refractivity contribution in [1.29, 1.82) is 0 Å². The van der Waals surface area contributed by atoms with Crippen molar-refractivity contribution >= 4 is 17.5 Å². The lowest BCUT2D eigenvalue weighted by Crippen LogP contribution is -2.54. The summed E-state index contributed by atoms with van der Waals surface area (Å²) in [5, 5.41) is 4.80. The van der Waals surface area contributed by atoms with Gasteiger partial charge in [-0.05, 0) is 37.0 Å². The number of fused-ring (bicyclic) bond motifs is 2. The molecular weight excluding hydrogens is 416 g/mol. The van der Waals surface area contributed by atoms with Crippen LogP contribution in [0.3, 0.4) is 0 Å². The van der Waals surface area contributed by atoms with Gasteiger partial charge in [0.2, 0.25) is 0 Å². The fraction of sp³-hybridized carbons (Fsp3) is 0.346. The van der Waals surface area contributed by atoms with Crippen LogP contribution in [0.25, 0.3) is 0 Å². The molecule has 6 rings (SSSR count). The Labute approximate surface area is 192 Å². The first-order valence-corrected chi connectivity index (χ1v) is 11.6. The summed E-state index contributed by atoms with van der Waals surface area (Å²) >= 11 is 0. The zero-order chi connectivity index (χ0) is 22.5. The minimum Gasteiger partial charge on any atom is -0.489 e. The van der Waals surface area contributed by atoms with Gasteiger partial charge in [0, 0.05) is 30.8 Å². The second kappa shape index (κ2) is 7.76. The maximum atomic E-state index is 13.6. The molecule has 1 saturated carbocycles. The number of ether oxygens (including phenoxy) is 1. The van der Waals surface area contributed by atoms with E-state index >= 15 is 0 Å². The number of benzene rings is 2. The molecular formula is C26H26N4O3. The van der Waals surface area contributed by atoms with Crippen LogP contribution in [-0.2, 0) is 17.8 Å². The maximum absolute atomic E-state index is 13.6. The third kappa shape index (κ3) is 3.39. The van der Waals surface area contributed by atoms with Gasteiger partial charge in [-0.3, -0.25) is 14.3 Å². The Kier molecular flexibility index (Phi) is 4.71. The molecule has 2 aromatic carbocycles. The first-order valence-electron chi connectivity index (χ1n) is 11.6. The van der Waals surface area contributed by atoms with Crippen molar-refractivity contribution in [3.05, 3.63) is 77.1 Å². The monoisotopic (exact) mass is 442 g/mol. The van der Waals surface area contributed by atoms with E-state index in [2.05, 4.69) is 12.1 Å². The van der Waals surface area contributed by atoms with Crippen molar-refractivity contribution in [3.8, 4) is 5.75 Å². The number of carbonyl (C=O) groups is 2. The van der Waals surface area contributed by atoms with Crippen molar-refractivity contribution in [3.63, 3.8) is 0 Å². The maximum Gasteiger partial charge on any atom is 0.275 e. The highest BCUT2D eigenvalue weighted by molar-refractivity contribution is 6.03. The predicted octanol–water partition coefficient (Wildman–Crippen LogP) is 3.23. The van der Waals surface area contributed by atoms with Crippen LogP contribution in [0.15, 0.2) is 54.6 Å². The van der Waals surface area contributed by atoms with E-state index in [0.717, 1.165) is 29.7 Å². The van der Waals surface area contributed by atoms with Gasteiger partial charge in [-0.2, -0.15) is 5.10 Å². The number of para-hydroxylation sites is 2. The molecule has 7 heteroatoms. The summed E-state index contributed by atoms with van der Waals surface area (Å²) in [4.78, 5) is 30.2. The number of hydrogen-bond donors (Lipinski definition) is 0. The summed E-state index contributed by atoms with van der Waals surface area (Å²) in [6.07, 6.45) is 2.99. The van der Waals surface area contributed by atoms with Gasteiger partial charge in [-0.1, -0.05) is 42.5 Å². The van der Waals surface area contributed by atoms with Gasteiger partial charge in [0.1, 0.15) is 18.4 Å². The minimum absolute atomic E-state index is 0.136. The molecule has 7 nitrogen and oxygen atoms in total. The zero-order valence-corrected chi connectivity index (χ0v) is 18.6. The van der Waals surface area contributed by atoms with Crippen LogP contribution in [0.5, 0.6) is 5.75 Å². The highest BCUT2D eigenvalue weighted by atomic mass is 16.5. The number of amides is 2. The Morgan fingerprint density at radius 2 is 1.79 bits per heavy atom. The van der Waals surface area contributed by atoms with E-state index in [-0.39, 0.29) is 18.4 Å². The summed E-state index contributed by atoms with van der Waals surface area (Å²) in [5.74, 6) is 0.825. The number of aromatic nitrogens is 2. The van der Waals surface area contributed by atoms with E-state index in [1.54, 1.807) is 16.8 Å². The summed E-state index contributed by atoms with van der Waals surface area (Å²) in [7, 11) is 1.74. The molecule has 1 aliphatic carbocycles. The van der Waals surface area contributed by atoms with E-state index in [1.165, 1.54) is 5.69 Å². The normalized spacial score (nSPS) is 20.2. The smallest absolute Gasteiger partial charge is 0.275 e. The molecule has 1 aromatic heterocycles. The molecule has 1 fully saturated rings. The van der Waals surface area contributed by atoms with Crippen molar-refractivity contribution in [2.45, 2.75) is 37.8 Å². The van der Waals surface area contributed by atoms with Crippen LogP contribution in [-0.4, -0.2) is 52.7 Å². The number of hydrogen-bond acceptors (Lipinski definition) is 4. The number of nitrogens with zero attached hydrogens (tertiary/aromatic N) is 4. The lowest BCUT2D eigenvalue weighted by atomic mass is 9.99. The molecule has 0 radical (unpaired) electrons. The SMILES string of the molecule is CN1C(=O)[C@@H](N2CCc3c(nn(Cc4ccccc4)c3C3CC3)C2=O)COc2ccccc21. The first kappa shape index (κ1) is 20.0. The van der Waals surface area contributed by atoms with Gasteiger partial charge in [0.15, 0.2) is 5.69 Å². The highest BCUT2D eigenvalue weighted by Crippen LogP contribution is 2.44. The van der Waals surface area contributed by atoms with E-state index in [4.69, 9.17) is 9.84 Å². The van der Waals surface area contributed by atoms with Crippen LogP contribution in [0.1, 0.15) is 46.1 Å². The molecule has 168 valence electrons. The molecule has 0 N–H and O–H groups in total. The fourth-order valence-corrected chi connectivity index (χ4v) is 5.05. The molecule has 33 heavy (non-hydrogen) atoms. The van der Waals surface area contributed by atoms with Crippen molar-refractivity contribution in [1.82, 2.24) is 14.7 Å². The lowest BCUT2D eigenvalue weighted by molar-refractivity contribution is -0.123.